The van der Waals surface area contributed by atoms with E-state index in [-0.39, 0.29) is 6.04 Å². The Morgan fingerprint density at radius 1 is 1.33 bits per heavy atom. The van der Waals surface area contributed by atoms with Gasteiger partial charge < -0.3 is 10.6 Å². The maximum Gasteiger partial charge on any atom is 0.0618 e. The summed E-state index contributed by atoms with van der Waals surface area (Å²) in [6.07, 6.45) is 1.84. The van der Waals surface area contributed by atoms with E-state index in [2.05, 4.69) is 36.7 Å². The monoisotopic (exact) mass is 267 g/mol. The zero-order valence-electron chi connectivity index (χ0n) is 11.7. The number of hydrogen-bond acceptors (Lipinski definition) is 4. The first-order valence-electron chi connectivity index (χ1n) is 6.69. The Kier molecular flexibility index (Phi) is 7.32. The highest BCUT2D eigenvalue weighted by molar-refractivity contribution is 7.99. The molecule has 0 aliphatic rings. The summed E-state index contributed by atoms with van der Waals surface area (Å²) in [5, 5.41) is 0.293. The van der Waals surface area contributed by atoms with E-state index in [9.17, 15) is 0 Å². The third kappa shape index (κ3) is 4.96. The fourth-order valence-corrected chi connectivity index (χ4v) is 3.13. The lowest BCUT2D eigenvalue weighted by Crippen LogP contribution is -2.28. The van der Waals surface area contributed by atoms with Crippen molar-refractivity contribution in [3.05, 3.63) is 30.1 Å². The van der Waals surface area contributed by atoms with E-state index in [1.807, 2.05) is 30.1 Å². The second kappa shape index (κ2) is 8.51. The Labute approximate surface area is 115 Å². The molecule has 1 heterocycles. The van der Waals surface area contributed by atoms with E-state index in [0.717, 1.165) is 31.1 Å². The largest absolute Gasteiger partial charge is 0.327 e. The summed E-state index contributed by atoms with van der Waals surface area (Å²) in [5.74, 6) is 1.10. The molecule has 0 bridgehead atoms. The van der Waals surface area contributed by atoms with E-state index in [1.54, 1.807) is 0 Å². The van der Waals surface area contributed by atoms with Crippen molar-refractivity contribution in [3.8, 4) is 0 Å². The molecule has 0 spiro atoms. The van der Waals surface area contributed by atoms with Crippen molar-refractivity contribution < 1.29 is 0 Å². The lowest BCUT2D eigenvalue weighted by atomic mass is 10.2. The van der Waals surface area contributed by atoms with Crippen molar-refractivity contribution in [2.24, 2.45) is 5.73 Å². The van der Waals surface area contributed by atoms with E-state index in [0.29, 0.717) is 5.25 Å². The molecule has 102 valence electrons. The van der Waals surface area contributed by atoms with Gasteiger partial charge in [0.1, 0.15) is 0 Å². The molecule has 0 aromatic carbocycles. The molecule has 0 aliphatic carbocycles. The fraction of sp³-hybridized carbons (Fsp3) is 0.643. The normalized spacial score (nSPS) is 14.7. The lowest BCUT2D eigenvalue weighted by molar-refractivity contribution is 0.323. The number of hydrogen-bond donors (Lipinski definition) is 1. The maximum atomic E-state index is 6.08. The molecule has 0 aliphatic heterocycles. The Morgan fingerprint density at radius 3 is 2.56 bits per heavy atom. The smallest absolute Gasteiger partial charge is 0.0618 e. The summed E-state index contributed by atoms with van der Waals surface area (Å²) in [6, 6.07) is 6.17. The van der Waals surface area contributed by atoms with Crippen molar-refractivity contribution in [3.63, 3.8) is 0 Å². The van der Waals surface area contributed by atoms with Gasteiger partial charge in [-0.1, -0.05) is 19.9 Å². The zero-order valence-corrected chi connectivity index (χ0v) is 12.5. The van der Waals surface area contributed by atoms with Crippen molar-refractivity contribution in [2.75, 3.05) is 25.4 Å². The molecule has 0 radical (unpaired) electrons. The zero-order chi connectivity index (χ0) is 13.4. The Morgan fingerprint density at radius 2 is 2.06 bits per heavy atom. The molecule has 18 heavy (non-hydrogen) atoms. The number of rotatable bonds is 8. The summed E-state index contributed by atoms with van der Waals surface area (Å²) >= 11 is 1.91. The molecule has 0 fully saturated rings. The third-order valence-corrected chi connectivity index (χ3v) is 4.50. The standard InChI is InChI=1S/C14H25N3S/c1-4-17(5-2)10-11-18-14(12(3)15)13-8-6-7-9-16-13/h6-9,12,14H,4-5,10-11,15H2,1-3H3. The van der Waals surface area contributed by atoms with Gasteiger partial charge in [0.15, 0.2) is 0 Å². The van der Waals surface area contributed by atoms with Gasteiger partial charge >= 0.3 is 0 Å². The average molecular weight is 267 g/mol. The predicted molar refractivity (Wildman–Crippen MR) is 80.9 cm³/mol. The van der Waals surface area contributed by atoms with Gasteiger partial charge in [-0.3, -0.25) is 4.98 Å². The predicted octanol–water partition coefficient (Wildman–Crippen LogP) is 2.54. The minimum Gasteiger partial charge on any atom is -0.327 e. The van der Waals surface area contributed by atoms with Crippen molar-refractivity contribution in [2.45, 2.75) is 32.1 Å². The first-order valence-corrected chi connectivity index (χ1v) is 7.74. The van der Waals surface area contributed by atoms with E-state index >= 15 is 0 Å². The van der Waals surface area contributed by atoms with Crippen LogP contribution in [-0.4, -0.2) is 41.3 Å². The molecule has 1 aromatic heterocycles. The second-order valence-corrected chi connectivity index (χ2v) is 5.68. The van der Waals surface area contributed by atoms with Gasteiger partial charge in [0.25, 0.3) is 0 Å². The van der Waals surface area contributed by atoms with Crippen molar-refractivity contribution >= 4 is 11.8 Å². The van der Waals surface area contributed by atoms with Crippen molar-refractivity contribution in [1.82, 2.24) is 9.88 Å². The Balaban J connectivity index is 2.50. The first kappa shape index (κ1) is 15.5. The van der Waals surface area contributed by atoms with Gasteiger partial charge in [0, 0.05) is 24.5 Å². The van der Waals surface area contributed by atoms with Crippen molar-refractivity contribution in [1.29, 1.82) is 0 Å². The highest BCUT2D eigenvalue weighted by atomic mass is 32.2. The third-order valence-electron chi connectivity index (χ3n) is 3.06. The van der Waals surface area contributed by atoms with Gasteiger partial charge in [-0.05, 0) is 32.1 Å². The number of nitrogens with zero attached hydrogens (tertiary/aromatic N) is 2. The van der Waals surface area contributed by atoms with Crippen LogP contribution in [0.4, 0.5) is 0 Å². The van der Waals surface area contributed by atoms with Gasteiger partial charge in [-0.25, -0.2) is 0 Å². The van der Waals surface area contributed by atoms with E-state index in [4.69, 9.17) is 5.73 Å². The molecular formula is C14H25N3S. The van der Waals surface area contributed by atoms with Gasteiger partial charge in [0.2, 0.25) is 0 Å². The number of thioether (sulfide) groups is 1. The molecule has 2 N–H and O–H groups in total. The summed E-state index contributed by atoms with van der Waals surface area (Å²) in [7, 11) is 0. The summed E-state index contributed by atoms with van der Waals surface area (Å²) in [4.78, 5) is 6.86. The lowest BCUT2D eigenvalue weighted by Gasteiger charge is -2.22. The van der Waals surface area contributed by atoms with E-state index in [1.165, 1.54) is 0 Å². The molecule has 4 heteroatoms. The summed E-state index contributed by atoms with van der Waals surface area (Å²) < 4.78 is 0. The van der Waals surface area contributed by atoms with Crippen LogP contribution in [0.15, 0.2) is 24.4 Å². The molecule has 3 nitrogen and oxygen atoms in total. The summed E-state index contributed by atoms with van der Waals surface area (Å²) in [5.41, 5.74) is 7.17. The average Bonchev–Trinajstić information content (AvgIpc) is 2.39. The maximum absolute atomic E-state index is 6.08. The van der Waals surface area contributed by atoms with Crippen LogP contribution in [0.3, 0.4) is 0 Å². The van der Waals surface area contributed by atoms with Gasteiger partial charge in [-0.15, -0.1) is 11.8 Å². The molecule has 0 saturated heterocycles. The van der Waals surface area contributed by atoms with Crippen LogP contribution in [-0.2, 0) is 0 Å². The molecule has 1 rings (SSSR count). The molecule has 2 unspecified atom stereocenters. The molecule has 0 saturated carbocycles. The highest BCUT2D eigenvalue weighted by Crippen LogP contribution is 2.29. The fourth-order valence-electron chi connectivity index (χ4n) is 1.90. The minimum atomic E-state index is 0.126. The summed E-state index contributed by atoms with van der Waals surface area (Å²) in [6.45, 7) is 9.82. The van der Waals surface area contributed by atoms with Crippen LogP contribution in [0.1, 0.15) is 31.7 Å². The SMILES string of the molecule is CCN(CC)CCSC(c1ccccn1)C(C)N. The van der Waals surface area contributed by atoms with Crippen LogP contribution in [0, 0.1) is 0 Å². The molecule has 1 aromatic rings. The Hall–Kier alpha value is -0.580. The van der Waals surface area contributed by atoms with Crippen LogP contribution >= 0.6 is 11.8 Å². The van der Waals surface area contributed by atoms with Crippen LogP contribution in [0.25, 0.3) is 0 Å². The highest BCUT2D eigenvalue weighted by Gasteiger charge is 2.17. The van der Waals surface area contributed by atoms with E-state index < -0.39 is 0 Å². The molecule has 2 atom stereocenters. The number of pyridine rings is 1. The van der Waals surface area contributed by atoms with Crippen LogP contribution < -0.4 is 5.73 Å². The molecule has 0 amide bonds. The number of aromatic nitrogens is 1. The van der Waals surface area contributed by atoms with Gasteiger partial charge in [0.05, 0.1) is 10.9 Å². The first-order chi connectivity index (χ1) is 8.69. The van der Waals surface area contributed by atoms with Gasteiger partial charge in [-0.2, -0.15) is 0 Å². The quantitative estimate of drug-likeness (QED) is 0.786. The topological polar surface area (TPSA) is 42.2 Å². The van der Waals surface area contributed by atoms with Crippen LogP contribution in [0.5, 0.6) is 0 Å². The van der Waals surface area contributed by atoms with Crippen LogP contribution in [0.2, 0.25) is 0 Å². The molecular weight excluding hydrogens is 242 g/mol. The minimum absolute atomic E-state index is 0.126. The Bertz CT molecular complexity index is 312. The second-order valence-electron chi connectivity index (χ2n) is 4.43. The number of nitrogens with two attached hydrogens (primary N) is 1.